The number of carbonyl (C=O) groups is 1. The smallest absolute Gasteiger partial charge is 0.303 e. The summed E-state index contributed by atoms with van der Waals surface area (Å²) in [6.45, 7) is 11.9. The van der Waals surface area contributed by atoms with Gasteiger partial charge in [-0.3, -0.25) is 4.79 Å². The van der Waals surface area contributed by atoms with E-state index in [1.54, 1.807) is 0 Å². The minimum absolute atomic E-state index is 0.263. The van der Waals surface area contributed by atoms with Gasteiger partial charge in [0.05, 0.1) is 5.60 Å². The van der Waals surface area contributed by atoms with Gasteiger partial charge >= 0.3 is 5.97 Å². The van der Waals surface area contributed by atoms with E-state index >= 15 is 0 Å². The van der Waals surface area contributed by atoms with Gasteiger partial charge in [-0.1, -0.05) is 47.0 Å². The van der Waals surface area contributed by atoms with Crippen LogP contribution in [0.5, 0.6) is 0 Å². The van der Waals surface area contributed by atoms with Crippen molar-refractivity contribution in [2.45, 2.75) is 111 Å². The Morgan fingerprint density at radius 3 is 2.33 bits per heavy atom. The Bertz CT molecular complexity index is 656. The average molecular weight is 419 g/mol. The van der Waals surface area contributed by atoms with Gasteiger partial charge < -0.3 is 10.2 Å². The van der Waals surface area contributed by atoms with Crippen molar-refractivity contribution in [3.8, 4) is 0 Å². The zero-order chi connectivity index (χ0) is 21.9. The Morgan fingerprint density at radius 2 is 1.67 bits per heavy atom. The molecule has 0 aliphatic heterocycles. The molecular weight excluding hydrogens is 372 g/mol. The van der Waals surface area contributed by atoms with Crippen molar-refractivity contribution >= 4 is 5.97 Å². The molecule has 30 heavy (non-hydrogen) atoms. The molecule has 172 valence electrons. The van der Waals surface area contributed by atoms with Gasteiger partial charge in [0.1, 0.15) is 0 Å². The molecule has 1 unspecified atom stereocenters. The molecule has 3 nitrogen and oxygen atoms in total. The quantitative estimate of drug-likeness (QED) is 0.533. The van der Waals surface area contributed by atoms with Gasteiger partial charge in [-0.15, -0.1) is 0 Å². The Morgan fingerprint density at radius 1 is 0.967 bits per heavy atom. The Labute approximate surface area is 184 Å². The highest BCUT2D eigenvalue weighted by molar-refractivity contribution is 5.66. The molecule has 4 fully saturated rings. The topological polar surface area (TPSA) is 57.5 Å². The molecule has 0 heterocycles. The fourth-order valence-corrected chi connectivity index (χ4v) is 10.1. The Kier molecular flexibility index (Phi) is 5.87. The van der Waals surface area contributed by atoms with Crippen molar-refractivity contribution in [3.63, 3.8) is 0 Å². The normalized spacial score (nSPS) is 51.5. The monoisotopic (exact) mass is 418 g/mol. The SMILES string of the molecule is CC[C@@H]1[C@@H]2CCCC[C@]2(C)[C@H]2CC[C@]3(C)[C@@H]([C@H](C)CCC(=O)O)CC[C@H]3[C@@H]2C1(C)O. The molecule has 10 atom stereocenters. The first-order valence-electron chi connectivity index (χ1n) is 13.0. The molecule has 0 aromatic carbocycles. The van der Waals surface area contributed by atoms with Crippen LogP contribution in [0.4, 0.5) is 0 Å². The van der Waals surface area contributed by atoms with Gasteiger partial charge in [-0.05, 0) is 104 Å². The molecule has 0 saturated heterocycles. The van der Waals surface area contributed by atoms with Gasteiger partial charge in [0, 0.05) is 6.42 Å². The number of aliphatic carboxylic acids is 1. The number of carboxylic acid groups (broad SMARTS) is 1. The number of fused-ring (bicyclic) bond motifs is 5. The molecule has 0 spiro atoms. The van der Waals surface area contributed by atoms with Crippen LogP contribution in [-0.2, 0) is 4.79 Å². The standard InChI is InChI=1S/C27H46O3/c1-6-18-20-9-7-8-15-25(20,3)22-14-16-26(4)19(17(2)10-13-23(28)29)11-12-21(26)24(22)27(18,5)30/h17-22,24,30H,6-16H2,1-5H3,(H,28,29)/t17-,18-,19-,20+,21+,22+,24+,25+,26-,27?/m1/s1. The lowest BCUT2D eigenvalue weighted by molar-refractivity contribution is -0.239. The molecule has 4 aliphatic carbocycles. The van der Waals surface area contributed by atoms with E-state index < -0.39 is 11.6 Å². The third-order valence-electron chi connectivity index (χ3n) is 11.4. The van der Waals surface area contributed by atoms with E-state index in [1.807, 2.05) is 0 Å². The lowest BCUT2D eigenvalue weighted by Gasteiger charge is -2.67. The highest BCUT2D eigenvalue weighted by atomic mass is 16.4. The molecule has 0 bridgehead atoms. The molecule has 3 heteroatoms. The predicted molar refractivity (Wildman–Crippen MR) is 121 cm³/mol. The average Bonchev–Trinajstić information content (AvgIpc) is 3.03. The molecule has 0 aromatic rings. The van der Waals surface area contributed by atoms with Crippen LogP contribution in [0.25, 0.3) is 0 Å². The molecule has 0 aromatic heterocycles. The number of aliphatic hydroxyl groups is 1. The van der Waals surface area contributed by atoms with E-state index in [0.29, 0.717) is 53.3 Å². The molecule has 4 aliphatic rings. The van der Waals surface area contributed by atoms with E-state index in [1.165, 1.54) is 51.4 Å². The molecular formula is C27H46O3. The number of hydrogen-bond acceptors (Lipinski definition) is 2. The highest BCUT2D eigenvalue weighted by Crippen LogP contribution is 2.71. The summed E-state index contributed by atoms with van der Waals surface area (Å²) < 4.78 is 0. The largest absolute Gasteiger partial charge is 0.481 e. The van der Waals surface area contributed by atoms with Crippen LogP contribution in [0, 0.1) is 52.3 Å². The molecule has 0 amide bonds. The van der Waals surface area contributed by atoms with Crippen LogP contribution in [0.3, 0.4) is 0 Å². The second-order valence-electron chi connectivity index (χ2n) is 12.5. The van der Waals surface area contributed by atoms with Crippen LogP contribution < -0.4 is 0 Å². The molecule has 0 radical (unpaired) electrons. The first kappa shape index (κ1) is 22.6. The fraction of sp³-hybridized carbons (Fsp3) is 0.963. The number of hydrogen-bond donors (Lipinski definition) is 2. The van der Waals surface area contributed by atoms with Crippen molar-refractivity contribution in [2.24, 2.45) is 52.3 Å². The Hall–Kier alpha value is -0.570. The van der Waals surface area contributed by atoms with E-state index in [4.69, 9.17) is 0 Å². The van der Waals surface area contributed by atoms with Crippen LogP contribution in [0.2, 0.25) is 0 Å². The van der Waals surface area contributed by atoms with Crippen molar-refractivity contribution < 1.29 is 15.0 Å². The van der Waals surface area contributed by atoms with Gasteiger partial charge in [0.15, 0.2) is 0 Å². The first-order valence-corrected chi connectivity index (χ1v) is 13.0. The van der Waals surface area contributed by atoms with Crippen LogP contribution in [-0.4, -0.2) is 21.8 Å². The van der Waals surface area contributed by atoms with Crippen LogP contribution in [0.15, 0.2) is 0 Å². The second-order valence-corrected chi connectivity index (χ2v) is 12.5. The first-order chi connectivity index (χ1) is 14.1. The van der Waals surface area contributed by atoms with E-state index in [-0.39, 0.29) is 5.41 Å². The molecule has 4 saturated carbocycles. The van der Waals surface area contributed by atoms with E-state index in [0.717, 1.165) is 12.8 Å². The maximum Gasteiger partial charge on any atom is 0.303 e. The van der Waals surface area contributed by atoms with Crippen molar-refractivity contribution in [2.75, 3.05) is 0 Å². The predicted octanol–water partition coefficient (Wildman–Crippen LogP) is 6.53. The summed E-state index contributed by atoms with van der Waals surface area (Å²) in [6, 6.07) is 0. The van der Waals surface area contributed by atoms with Gasteiger partial charge in [-0.2, -0.15) is 0 Å². The summed E-state index contributed by atoms with van der Waals surface area (Å²) >= 11 is 0. The summed E-state index contributed by atoms with van der Waals surface area (Å²) in [5.41, 5.74) is 0.103. The zero-order valence-electron chi connectivity index (χ0n) is 20.1. The van der Waals surface area contributed by atoms with Gasteiger partial charge in [0.25, 0.3) is 0 Å². The van der Waals surface area contributed by atoms with Crippen LogP contribution in [0.1, 0.15) is 105 Å². The summed E-state index contributed by atoms with van der Waals surface area (Å²) in [6.07, 6.45) is 12.5. The molecule has 2 N–H and O–H groups in total. The maximum absolute atomic E-state index is 12.2. The Balaban J connectivity index is 1.66. The second kappa shape index (κ2) is 7.78. The summed E-state index contributed by atoms with van der Waals surface area (Å²) in [4.78, 5) is 11.2. The van der Waals surface area contributed by atoms with Gasteiger partial charge in [0.2, 0.25) is 0 Å². The number of carboxylic acids is 1. The van der Waals surface area contributed by atoms with E-state index in [9.17, 15) is 15.0 Å². The van der Waals surface area contributed by atoms with Gasteiger partial charge in [-0.25, -0.2) is 0 Å². The summed E-state index contributed by atoms with van der Waals surface area (Å²) in [7, 11) is 0. The van der Waals surface area contributed by atoms with E-state index in [2.05, 4.69) is 34.6 Å². The minimum atomic E-state index is -0.664. The number of rotatable bonds is 5. The third-order valence-corrected chi connectivity index (χ3v) is 11.4. The van der Waals surface area contributed by atoms with Crippen molar-refractivity contribution in [1.29, 1.82) is 0 Å². The maximum atomic E-state index is 12.2. The lowest BCUT2D eigenvalue weighted by Crippen LogP contribution is -2.66. The highest BCUT2D eigenvalue weighted by Gasteiger charge is 2.67. The minimum Gasteiger partial charge on any atom is -0.481 e. The van der Waals surface area contributed by atoms with Crippen molar-refractivity contribution in [3.05, 3.63) is 0 Å². The third kappa shape index (κ3) is 3.20. The summed E-state index contributed by atoms with van der Waals surface area (Å²) in [5, 5.41) is 21.4. The zero-order valence-corrected chi connectivity index (χ0v) is 20.1. The fourth-order valence-electron chi connectivity index (χ4n) is 10.1. The molecule has 4 rings (SSSR count). The lowest BCUT2D eigenvalue weighted by atomic mass is 9.39. The van der Waals surface area contributed by atoms with Crippen LogP contribution >= 0.6 is 0 Å². The van der Waals surface area contributed by atoms with Crippen molar-refractivity contribution in [1.82, 2.24) is 0 Å². The summed E-state index contributed by atoms with van der Waals surface area (Å²) in [5.74, 6) is 3.18.